The molecule has 2 saturated heterocycles. The molecule has 0 spiro atoms. The summed E-state index contributed by atoms with van der Waals surface area (Å²) in [5, 5.41) is 11.1. The Bertz CT molecular complexity index is 1050. The summed E-state index contributed by atoms with van der Waals surface area (Å²) in [5.41, 5.74) is 7.13. The zero-order valence-corrected chi connectivity index (χ0v) is 18.7. The van der Waals surface area contributed by atoms with E-state index in [0.717, 1.165) is 12.1 Å². The minimum atomic E-state index is -0.434. The number of hydrogen-bond donors (Lipinski definition) is 3. The van der Waals surface area contributed by atoms with Gasteiger partial charge in [-0.3, -0.25) is 19.2 Å². The first-order valence-electron chi connectivity index (χ1n) is 10.2. The fourth-order valence-electron chi connectivity index (χ4n) is 3.90. The molecule has 3 heterocycles. The number of carbonyl (C=O) groups excluding carboxylic acids is 2. The average molecular weight is 442 g/mol. The van der Waals surface area contributed by atoms with E-state index in [4.69, 9.17) is 18.0 Å². The van der Waals surface area contributed by atoms with E-state index in [0.29, 0.717) is 41.8 Å². The number of amides is 2. The first kappa shape index (κ1) is 21.3. The zero-order chi connectivity index (χ0) is 22.3. The van der Waals surface area contributed by atoms with Crippen LogP contribution in [-0.4, -0.2) is 52.4 Å². The van der Waals surface area contributed by atoms with Crippen molar-refractivity contribution in [2.75, 3.05) is 34.8 Å². The molecule has 2 amide bonds. The minimum Gasteiger partial charge on any atom is -0.356 e. The molecule has 0 bridgehead atoms. The summed E-state index contributed by atoms with van der Waals surface area (Å²) in [7, 11) is 1.76. The summed E-state index contributed by atoms with van der Waals surface area (Å²) < 4.78 is 1.60. The van der Waals surface area contributed by atoms with Crippen LogP contribution in [0.3, 0.4) is 0 Å². The Kier molecular flexibility index (Phi) is 5.44. The van der Waals surface area contributed by atoms with E-state index in [1.165, 1.54) is 0 Å². The van der Waals surface area contributed by atoms with E-state index in [1.807, 2.05) is 30.9 Å². The van der Waals surface area contributed by atoms with Gasteiger partial charge in [-0.2, -0.15) is 5.10 Å². The van der Waals surface area contributed by atoms with Crippen molar-refractivity contribution >= 4 is 46.3 Å². The molecule has 2 aliphatic heterocycles. The number of aryl methyl sites for hydroxylation is 1. The van der Waals surface area contributed by atoms with Crippen molar-refractivity contribution in [3.63, 3.8) is 0 Å². The van der Waals surface area contributed by atoms with Crippen LogP contribution in [0.25, 0.3) is 0 Å². The predicted molar refractivity (Wildman–Crippen MR) is 124 cm³/mol. The van der Waals surface area contributed by atoms with Crippen molar-refractivity contribution in [3.05, 3.63) is 36.0 Å². The minimum absolute atomic E-state index is 0.00759. The van der Waals surface area contributed by atoms with Gasteiger partial charge in [-0.15, -0.1) is 0 Å². The smallest absolute Gasteiger partial charge is 0.255 e. The number of nitrogens with one attached hydrogen (secondary N) is 2. The summed E-state index contributed by atoms with van der Waals surface area (Å²) in [6.45, 7) is 5.55. The Labute approximate surface area is 186 Å². The summed E-state index contributed by atoms with van der Waals surface area (Å²) >= 11 is 5.40. The molecule has 2 fully saturated rings. The lowest BCUT2D eigenvalue weighted by Crippen LogP contribution is -2.33. The van der Waals surface area contributed by atoms with Crippen LogP contribution in [0.1, 0.15) is 30.6 Å². The van der Waals surface area contributed by atoms with Crippen LogP contribution in [-0.2, 0) is 11.8 Å². The van der Waals surface area contributed by atoms with Crippen molar-refractivity contribution in [3.8, 4) is 0 Å². The third-order valence-electron chi connectivity index (χ3n) is 5.78. The first-order valence-corrected chi connectivity index (χ1v) is 10.7. The quantitative estimate of drug-likeness (QED) is 0.603. The SMILES string of the molecule is Cn1cc(NC(=O)c2cccc(N3C[C@@H](CN)NC3=S)c2)c(N2CCC(C)(C)C2=O)n1. The summed E-state index contributed by atoms with van der Waals surface area (Å²) in [5.74, 6) is 0.196. The van der Waals surface area contributed by atoms with Gasteiger partial charge in [0.15, 0.2) is 10.9 Å². The molecule has 1 aromatic heterocycles. The average Bonchev–Trinajstić information content (AvgIpc) is 3.37. The number of anilines is 3. The number of nitrogens with zero attached hydrogens (tertiary/aromatic N) is 4. The molecule has 0 saturated carbocycles. The van der Waals surface area contributed by atoms with Gasteiger partial charge >= 0.3 is 0 Å². The number of hydrogen-bond acceptors (Lipinski definition) is 5. The molecular formula is C21H27N7O2S. The number of rotatable bonds is 5. The number of nitrogens with two attached hydrogens (primary N) is 1. The first-order chi connectivity index (χ1) is 14.7. The predicted octanol–water partition coefficient (Wildman–Crippen LogP) is 1.46. The molecule has 164 valence electrons. The van der Waals surface area contributed by atoms with Gasteiger partial charge in [0, 0.05) is 43.3 Å². The number of thiocarbonyl (C=S) groups is 1. The fraction of sp³-hybridized carbons (Fsp3) is 0.429. The molecule has 0 radical (unpaired) electrons. The third-order valence-corrected chi connectivity index (χ3v) is 6.12. The largest absolute Gasteiger partial charge is 0.356 e. The topological polar surface area (TPSA) is 109 Å². The lowest BCUT2D eigenvalue weighted by molar-refractivity contribution is -0.124. The van der Waals surface area contributed by atoms with Crippen LogP contribution < -0.4 is 26.2 Å². The standard InChI is InChI=1S/C21H27N7O2S/c1-21(2)7-8-27(19(21)30)17-16(12-26(3)25-17)24-18(29)13-5-4-6-15(9-13)28-11-14(10-22)23-20(28)31/h4-6,9,12,14H,7-8,10-11,22H2,1-3H3,(H,23,31)(H,24,29)/t14-/m1/s1. The lowest BCUT2D eigenvalue weighted by atomic mass is 9.92. The van der Waals surface area contributed by atoms with Gasteiger partial charge < -0.3 is 21.3 Å². The fourth-order valence-corrected chi connectivity index (χ4v) is 4.25. The number of aromatic nitrogens is 2. The van der Waals surface area contributed by atoms with Crippen LogP contribution in [0.5, 0.6) is 0 Å². The van der Waals surface area contributed by atoms with Gasteiger partial charge in [0.1, 0.15) is 5.69 Å². The second kappa shape index (κ2) is 7.93. The van der Waals surface area contributed by atoms with Crippen LogP contribution in [0, 0.1) is 5.41 Å². The van der Waals surface area contributed by atoms with Gasteiger partial charge in [0.25, 0.3) is 5.91 Å². The highest BCUT2D eigenvalue weighted by atomic mass is 32.1. The van der Waals surface area contributed by atoms with Gasteiger partial charge in [-0.1, -0.05) is 19.9 Å². The molecule has 0 unspecified atom stereocenters. The highest BCUT2D eigenvalue weighted by Gasteiger charge is 2.41. The summed E-state index contributed by atoms with van der Waals surface area (Å²) in [4.78, 5) is 29.4. The Morgan fingerprint density at radius 1 is 1.39 bits per heavy atom. The molecule has 10 heteroatoms. The summed E-state index contributed by atoms with van der Waals surface area (Å²) in [6.07, 6.45) is 2.45. The zero-order valence-electron chi connectivity index (χ0n) is 17.9. The van der Waals surface area contributed by atoms with Crippen LogP contribution >= 0.6 is 12.2 Å². The third kappa shape index (κ3) is 4.00. The molecule has 1 aromatic carbocycles. The van der Waals surface area contributed by atoms with Crippen LogP contribution in [0.2, 0.25) is 0 Å². The van der Waals surface area contributed by atoms with Gasteiger partial charge in [0.05, 0.1) is 12.2 Å². The van der Waals surface area contributed by atoms with Crippen molar-refractivity contribution in [1.82, 2.24) is 15.1 Å². The van der Waals surface area contributed by atoms with E-state index in [1.54, 1.807) is 35.0 Å². The molecular weight excluding hydrogens is 414 g/mol. The van der Waals surface area contributed by atoms with Gasteiger partial charge in [-0.25, -0.2) is 0 Å². The van der Waals surface area contributed by atoms with E-state index in [-0.39, 0.29) is 17.9 Å². The van der Waals surface area contributed by atoms with Crippen molar-refractivity contribution < 1.29 is 9.59 Å². The molecule has 1 atom stereocenters. The second-order valence-corrected chi connectivity index (χ2v) is 9.01. The molecule has 31 heavy (non-hydrogen) atoms. The maximum Gasteiger partial charge on any atom is 0.255 e. The van der Waals surface area contributed by atoms with E-state index >= 15 is 0 Å². The van der Waals surface area contributed by atoms with E-state index < -0.39 is 5.41 Å². The van der Waals surface area contributed by atoms with Gasteiger partial charge in [0.2, 0.25) is 5.91 Å². The summed E-state index contributed by atoms with van der Waals surface area (Å²) in [6, 6.07) is 7.35. The molecule has 2 aromatic rings. The monoisotopic (exact) mass is 441 g/mol. The molecule has 9 nitrogen and oxygen atoms in total. The van der Waals surface area contributed by atoms with E-state index in [9.17, 15) is 9.59 Å². The maximum absolute atomic E-state index is 13.0. The second-order valence-electron chi connectivity index (χ2n) is 8.63. The van der Waals surface area contributed by atoms with Gasteiger partial charge in [-0.05, 0) is 36.8 Å². The van der Waals surface area contributed by atoms with E-state index in [2.05, 4.69) is 15.7 Å². The molecule has 2 aliphatic rings. The molecule has 4 N–H and O–H groups in total. The van der Waals surface area contributed by atoms with Crippen molar-refractivity contribution in [2.45, 2.75) is 26.3 Å². The van der Waals surface area contributed by atoms with Crippen molar-refractivity contribution in [1.29, 1.82) is 0 Å². The van der Waals surface area contributed by atoms with Crippen LogP contribution in [0.4, 0.5) is 17.2 Å². The molecule has 0 aliphatic carbocycles. The Balaban J connectivity index is 1.55. The number of carbonyl (C=O) groups is 2. The molecule has 4 rings (SSSR count). The Hall–Kier alpha value is -2.98. The Morgan fingerprint density at radius 2 is 2.16 bits per heavy atom. The highest BCUT2D eigenvalue weighted by Crippen LogP contribution is 2.36. The lowest BCUT2D eigenvalue weighted by Gasteiger charge is -2.19. The van der Waals surface area contributed by atoms with Crippen molar-refractivity contribution in [2.24, 2.45) is 18.2 Å². The maximum atomic E-state index is 13.0. The highest BCUT2D eigenvalue weighted by molar-refractivity contribution is 7.80. The van der Waals surface area contributed by atoms with Crippen LogP contribution in [0.15, 0.2) is 30.5 Å². The number of benzene rings is 1. The normalized spacial score (nSPS) is 20.3. The Morgan fingerprint density at radius 3 is 2.81 bits per heavy atom.